The van der Waals surface area contributed by atoms with Crippen LogP contribution >= 0.6 is 0 Å². The van der Waals surface area contributed by atoms with E-state index in [2.05, 4.69) is 4.40 Å². The van der Waals surface area contributed by atoms with Crippen molar-refractivity contribution >= 4 is 28.8 Å². The Hall–Kier alpha value is -2.22. The van der Waals surface area contributed by atoms with Gasteiger partial charge in [-0.05, 0) is 58.9 Å². The molecule has 2 aliphatic heterocycles. The number of amides is 1. The first kappa shape index (κ1) is 23.4. The standard InChI is InChI=1S/C23H32N2O5S/c1-5-29-21(26)20(24-31(28)23(2,3)4)17-13-18-11-12-19(14-17)25(18)22(27)30-15-16-9-7-6-8-10-16/h6-10,17-19H,5,11-15H2,1-4H3/b24-20-/t17?,18?,19?,31-/m1/s1. The molecule has 3 atom stereocenters. The highest BCUT2D eigenvalue weighted by Gasteiger charge is 2.46. The minimum Gasteiger partial charge on any atom is -0.461 e. The maximum Gasteiger partial charge on any atom is 0.410 e. The van der Waals surface area contributed by atoms with Crippen LogP contribution in [0.3, 0.4) is 0 Å². The van der Waals surface area contributed by atoms with Crippen LogP contribution in [0.4, 0.5) is 4.79 Å². The van der Waals surface area contributed by atoms with E-state index < -0.39 is 21.7 Å². The van der Waals surface area contributed by atoms with Crippen molar-refractivity contribution in [2.75, 3.05) is 6.61 Å². The third kappa shape index (κ3) is 5.73. The third-order valence-electron chi connectivity index (χ3n) is 5.73. The molecule has 3 rings (SSSR count). The minimum absolute atomic E-state index is 0.0188. The number of ether oxygens (including phenoxy) is 2. The second kappa shape index (κ2) is 9.94. The van der Waals surface area contributed by atoms with Gasteiger partial charge in [0.15, 0.2) is 0 Å². The van der Waals surface area contributed by atoms with Gasteiger partial charge in [-0.3, -0.25) is 0 Å². The lowest BCUT2D eigenvalue weighted by Crippen LogP contribution is -2.49. The summed E-state index contributed by atoms with van der Waals surface area (Å²) in [5, 5.41) is 0. The molecule has 0 radical (unpaired) electrons. The molecule has 2 unspecified atom stereocenters. The van der Waals surface area contributed by atoms with E-state index in [4.69, 9.17) is 9.47 Å². The number of esters is 1. The number of hydrogen-bond donors (Lipinski definition) is 0. The summed E-state index contributed by atoms with van der Waals surface area (Å²) in [6.45, 7) is 7.68. The lowest BCUT2D eigenvalue weighted by atomic mass is 9.87. The topological polar surface area (TPSA) is 85.3 Å². The van der Waals surface area contributed by atoms with Crippen LogP contribution in [0.15, 0.2) is 34.7 Å². The van der Waals surface area contributed by atoms with E-state index in [9.17, 15) is 13.8 Å². The Bertz CT molecular complexity index is 835. The number of carbonyl (C=O) groups is 2. The Labute approximate surface area is 186 Å². The third-order valence-corrected chi connectivity index (χ3v) is 7.14. The number of fused-ring (bicyclic) bond motifs is 2. The van der Waals surface area contributed by atoms with Gasteiger partial charge in [-0.25, -0.2) is 13.8 Å². The first-order valence-electron chi connectivity index (χ1n) is 10.9. The predicted octanol–water partition coefficient (Wildman–Crippen LogP) is 4.03. The maximum absolute atomic E-state index is 12.8. The number of carbonyl (C=O) groups excluding carboxylic acids is 2. The van der Waals surface area contributed by atoms with E-state index in [0.29, 0.717) is 12.8 Å². The van der Waals surface area contributed by atoms with Gasteiger partial charge >= 0.3 is 12.1 Å². The molecule has 2 fully saturated rings. The highest BCUT2D eigenvalue weighted by atomic mass is 32.2. The first-order valence-corrected chi connectivity index (χ1v) is 12.0. The molecule has 0 aromatic heterocycles. The van der Waals surface area contributed by atoms with Crippen LogP contribution in [0.25, 0.3) is 0 Å². The summed E-state index contributed by atoms with van der Waals surface area (Å²) in [7, 11) is -1.56. The summed E-state index contributed by atoms with van der Waals surface area (Å²) in [6, 6.07) is 9.55. The van der Waals surface area contributed by atoms with Gasteiger partial charge in [-0.2, -0.15) is 4.40 Å². The highest BCUT2D eigenvalue weighted by molar-refractivity contribution is 7.85. The van der Waals surface area contributed by atoms with Crippen LogP contribution in [0.1, 0.15) is 58.9 Å². The molecule has 0 N–H and O–H groups in total. The molecular formula is C23H32N2O5S. The SMILES string of the molecule is CCOC(=O)/C(=N\[S@](=O)C(C)(C)C)C1CC2CCC(C1)N2C(=O)OCc1ccccc1. The zero-order valence-electron chi connectivity index (χ0n) is 18.7. The van der Waals surface area contributed by atoms with Crippen molar-refractivity contribution < 1.29 is 23.3 Å². The maximum atomic E-state index is 12.8. The van der Waals surface area contributed by atoms with Crippen molar-refractivity contribution in [3.8, 4) is 0 Å². The van der Waals surface area contributed by atoms with E-state index in [1.165, 1.54) is 0 Å². The smallest absolute Gasteiger partial charge is 0.410 e. The second-order valence-electron chi connectivity index (χ2n) is 9.06. The lowest BCUT2D eigenvalue weighted by molar-refractivity contribution is -0.135. The molecule has 2 saturated heterocycles. The van der Waals surface area contributed by atoms with Crippen LogP contribution in [-0.2, 0) is 31.9 Å². The Morgan fingerprint density at radius 2 is 1.71 bits per heavy atom. The summed E-state index contributed by atoms with van der Waals surface area (Å²) >= 11 is 0. The Morgan fingerprint density at radius 1 is 1.10 bits per heavy atom. The molecule has 1 aromatic carbocycles. The highest BCUT2D eigenvalue weighted by Crippen LogP contribution is 2.40. The van der Waals surface area contributed by atoms with Crippen LogP contribution in [0.5, 0.6) is 0 Å². The summed E-state index contributed by atoms with van der Waals surface area (Å²) < 4.78 is 27.1. The first-order chi connectivity index (χ1) is 14.7. The van der Waals surface area contributed by atoms with E-state index >= 15 is 0 Å². The fraction of sp³-hybridized carbons (Fsp3) is 0.609. The van der Waals surface area contributed by atoms with Crippen molar-refractivity contribution in [1.82, 2.24) is 4.90 Å². The van der Waals surface area contributed by atoms with Crippen molar-refractivity contribution in [1.29, 1.82) is 0 Å². The monoisotopic (exact) mass is 448 g/mol. The summed E-state index contributed by atoms with van der Waals surface area (Å²) in [5.41, 5.74) is 1.18. The molecule has 8 heteroatoms. The normalized spacial score (nSPS) is 24.6. The molecule has 31 heavy (non-hydrogen) atoms. The van der Waals surface area contributed by atoms with Crippen molar-refractivity contribution in [3.63, 3.8) is 0 Å². The summed E-state index contributed by atoms with van der Waals surface area (Å²) in [5.74, 6) is -0.689. The Balaban J connectivity index is 1.71. The Morgan fingerprint density at radius 3 is 2.26 bits per heavy atom. The van der Waals surface area contributed by atoms with Crippen LogP contribution in [0, 0.1) is 5.92 Å². The fourth-order valence-corrected chi connectivity index (χ4v) is 4.88. The molecule has 2 aliphatic rings. The molecule has 1 amide bonds. The molecule has 0 saturated carbocycles. The predicted molar refractivity (Wildman–Crippen MR) is 120 cm³/mol. The number of piperidine rings is 1. The molecule has 170 valence electrons. The molecule has 1 aromatic rings. The van der Waals surface area contributed by atoms with Gasteiger partial charge in [0.1, 0.15) is 23.3 Å². The summed E-state index contributed by atoms with van der Waals surface area (Å²) in [4.78, 5) is 27.2. The van der Waals surface area contributed by atoms with Crippen LogP contribution in [0.2, 0.25) is 0 Å². The average molecular weight is 449 g/mol. The quantitative estimate of drug-likeness (QED) is 0.484. The molecule has 2 heterocycles. The molecule has 0 spiro atoms. The van der Waals surface area contributed by atoms with Gasteiger partial charge < -0.3 is 14.4 Å². The number of benzene rings is 1. The van der Waals surface area contributed by atoms with Gasteiger partial charge in [0.25, 0.3) is 0 Å². The van der Waals surface area contributed by atoms with Gasteiger partial charge in [0, 0.05) is 18.0 Å². The van der Waals surface area contributed by atoms with E-state index in [-0.39, 0.29) is 43.0 Å². The van der Waals surface area contributed by atoms with Gasteiger partial charge in [0.05, 0.1) is 11.4 Å². The van der Waals surface area contributed by atoms with E-state index in [0.717, 1.165) is 18.4 Å². The van der Waals surface area contributed by atoms with Gasteiger partial charge in [-0.15, -0.1) is 0 Å². The second-order valence-corrected chi connectivity index (χ2v) is 11.0. The molecular weight excluding hydrogens is 416 g/mol. The van der Waals surface area contributed by atoms with Gasteiger partial charge in [-0.1, -0.05) is 30.3 Å². The van der Waals surface area contributed by atoms with Crippen molar-refractivity contribution in [3.05, 3.63) is 35.9 Å². The van der Waals surface area contributed by atoms with Crippen molar-refractivity contribution in [2.24, 2.45) is 10.3 Å². The van der Waals surface area contributed by atoms with E-state index in [1.807, 2.05) is 56.0 Å². The fourth-order valence-electron chi connectivity index (χ4n) is 4.20. The zero-order valence-corrected chi connectivity index (χ0v) is 19.5. The Kier molecular flexibility index (Phi) is 7.51. The van der Waals surface area contributed by atoms with Crippen LogP contribution in [-0.4, -0.2) is 50.3 Å². The largest absolute Gasteiger partial charge is 0.461 e. The number of hydrogen-bond acceptors (Lipinski definition) is 5. The van der Waals surface area contributed by atoms with Gasteiger partial charge in [0.2, 0.25) is 0 Å². The van der Waals surface area contributed by atoms with Crippen LogP contribution < -0.4 is 0 Å². The molecule has 2 bridgehead atoms. The number of nitrogens with zero attached hydrogens (tertiary/aromatic N) is 2. The summed E-state index contributed by atoms with van der Waals surface area (Å²) in [6.07, 6.45) is 2.59. The molecule has 7 nitrogen and oxygen atoms in total. The minimum atomic E-state index is -1.56. The van der Waals surface area contributed by atoms with Crippen molar-refractivity contribution in [2.45, 2.75) is 76.8 Å². The average Bonchev–Trinajstić information content (AvgIpc) is 3.00. The zero-order chi connectivity index (χ0) is 22.6. The number of rotatable bonds is 6. The lowest BCUT2D eigenvalue weighted by Gasteiger charge is -2.38. The van der Waals surface area contributed by atoms with E-state index in [1.54, 1.807) is 6.92 Å². The molecule has 0 aliphatic carbocycles.